The van der Waals surface area contributed by atoms with Crippen molar-refractivity contribution in [2.24, 2.45) is 16.3 Å². The first kappa shape index (κ1) is 23.0. The lowest BCUT2D eigenvalue weighted by molar-refractivity contribution is 0.131. The lowest BCUT2D eigenvalue weighted by atomic mass is 9.84. The second kappa shape index (κ2) is 11.6. The number of aliphatic hydroxyl groups is 1. The number of piperidine rings is 1. The fraction of sp³-hybridized carbons (Fsp3) is 0.696. The minimum Gasteiger partial charge on any atom is -0.396 e. The molecule has 7 heteroatoms. The molecule has 0 spiro atoms. The standard InChI is InChI=1S/C23H37FN4O2/c1-2-25-22(27-17-23(9-13-29)10-14-30-18-23)26-15-19-7-11-28(12-8-19)16-20-5-3-4-6-21(20)24/h3-6,19,29H,2,7-18H2,1H3,(H2,25,26,27). The van der Waals surface area contributed by atoms with Crippen molar-refractivity contribution in [3.63, 3.8) is 0 Å². The molecule has 1 atom stereocenters. The normalized spacial score (nSPS) is 23.6. The lowest BCUT2D eigenvalue weighted by Gasteiger charge is -2.32. The van der Waals surface area contributed by atoms with Gasteiger partial charge in [-0.25, -0.2) is 4.39 Å². The molecule has 1 aromatic carbocycles. The number of aliphatic imine (C=N–C) groups is 1. The Morgan fingerprint density at radius 3 is 2.77 bits per heavy atom. The Labute approximate surface area is 179 Å². The molecule has 2 aliphatic rings. The number of nitrogens with zero attached hydrogens (tertiary/aromatic N) is 2. The average Bonchev–Trinajstić information content (AvgIpc) is 3.22. The zero-order chi connectivity index (χ0) is 21.2. The van der Waals surface area contributed by atoms with Crippen LogP contribution in [0.4, 0.5) is 4.39 Å². The number of ether oxygens (including phenoxy) is 1. The van der Waals surface area contributed by atoms with Crippen LogP contribution >= 0.6 is 0 Å². The highest BCUT2D eigenvalue weighted by Crippen LogP contribution is 2.32. The van der Waals surface area contributed by atoms with Crippen LogP contribution in [0.25, 0.3) is 0 Å². The van der Waals surface area contributed by atoms with E-state index in [0.29, 0.717) is 25.6 Å². The summed E-state index contributed by atoms with van der Waals surface area (Å²) in [6, 6.07) is 7.06. The third kappa shape index (κ3) is 6.65. The molecule has 2 saturated heterocycles. The molecule has 30 heavy (non-hydrogen) atoms. The molecule has 0 aliphatic carbocycles. The maximum atomic E-state index is 13.9. The highest BCUT2D eigenvalue weighted by Gasteiger charge is 2.34. The fourth-order valence-electron chi connectivity index (χ4n) is 4.33. The van der Waals surface area contributed by atoms with Crippen LogP contribution < -0.4 is 10.6 Å². The van der Waals surface area contributed by atoms with Crippen molar-refractivity contribution in [3.05, 3.63) is 35.6 Å². The van der Waals surface area contributed by atoms with Crippen LogP contribution in [0.1, 0.15) is 38.2 Å². The zero-order valence-electron chi connectivity index (χ0n) is 18.2. The molecule has 2 fully saturated rings. The van der Waals surface area contributed by atoms with Crippen molar-refractivity contribution in [2.75, 3.05) is 52.5 Å². The van der Waals surface area contributed by atoms with Gasteiger partial charge in [0.05, 0.1) is 13.2 Å². The summed E-state index contributed by atoms with van der Waals surface area (Å²) in [6.45, 7) is 8.72. The Morgan fingerprint density at radius 1 is 1.30 bits per heavy atom. The molecule has 168 valence electrons. The molecular formula is C23H37FN4O2. The summed E-state index contributed by atoms with van der Waals surface area (Å²) in [5.74, 6) is 1.32. The number of hydrogen-bond acceptors (Lipinski definition) is 4. The molecule has 2 heterocycles. The van der Waals surface area contributed by atoms with E-state index in [-0.39, 0.29) is 17.8 Å². The maximum Gasteiger partial charge on any atom is 0.191 e. The summed E-state index contributed by atoms with van der Waals surface area (Å²) in [5, 5.41) is 16.2. The van der Waals surface area contributed by atoms with Gasteiger partial charge in [-0.3, -0.25) is 9.89 Å². The van der Waals surface area contributed by atoms with Crippen molar-refractivity contribution in [2.45, 2.75) is 39.2 Å². The van der Waals surface area contributed by atoms with E-state index in [0.717, 1.165) is 70.0 Å². The summed E-state index contributed by atoms with van der Waals surface area (Å²) >= 11 is 0. The summed E-state index contributed by atoms with van der Waals surface area (Å²) in [4.78, 5) is 7.14. The SMILES string of the molecule is CCNC(=NCC1(CCO)CCOC1)NCC1CCN(Cc2ccccc2F)CC1. The fourth-order valence-corrected chi connectivity index (χ4v) is 4.33. The Balaban J connectivity index is 1.44. The van der Waals surface area contributed by atoms with Gasteiger partial charge in [0.2, 0.25) is 0 Å². The number of aliphatic hydroxyl groups excluding tert-OH is 1. The molecule has 0 aromatic heterocycles. The second-order valence-corrected chi connectivity index (χ2v) is 8.66. The molecule has 0 saturated carbocycles. The third-order valence-electron chi connectivity index (χ3n) is 6.36. The average molecular weight is 421 g/mol. The molecule has 3 rings (SSSR count). The van der Waals surface area contributed by atoms with Gasteiger partial charge in [0.1, 0.15) is 5.82 Å². The first-order valence-electron chi connectivity index (χ1n) is 11.3. The lowest BCUT2D eigenvalue weighted by Crippen LogP contribution is -2.43. The van der Waals surface area contributed by atoms with Gasteiger partial charge in [0, 0.05) is 43.8 Å². The number of halogens is 1. The first-order valence-corrected chi connectivity index (χ1v) is 11.3. The number of rotatable bonds is 9. The predicted octanol–water partition coefficient (Wildman–Crippen LogP) is 2.38. The van der Waals surface area contributed by atoms with Crippen LogP contribution in [0, 0.1) is 17.2 Å². The van der Waals surface area contributed by atoms with Crippen LogP contribution in [0.2, 0.25) is 0 Å². The molecule has 3 N–H and O–H groups in total. The summed E-state index contributed by atoms with van der Waals surface area (Å²) in [7, 11) is 0. The molecule has 6 nitrogen and oxygen atoms in total. The molecular weight excluding hydrogens is 383 g/mol. The van der Waals surface area contributed by atoms with Crippen LogP contribution in [0.3, 0.4) is 0 Å². The number of nitrogens with one attached hydrogen (secondary N) is 2. The zero-order valence-corrected chi connectivity index (χ0v) is 18.2. The van der Waals surface area contributed by atoms with E-state index in [9.17, 15) is 9.50 Å². The highest BCUT2D eigenvalue weighted by atomic mass is 19.1. The van der Waals surface area contributed by atoms with Crippen LogP contribution in [-0.2, 0) is 11.3 Å². The maximum absolute atomic E-state index is 13.9. The smallest absolute Gasteiger partial charge is 0.191 e. The van der Waals surface area contributed by atoms with E-state index in [1.807, 2.05) is 12.1 Å². The van der Waals surface area contributed by atoms with Gasteiger partial charge < -0.3 is 20.5 Å². The van der Waals surface area contributed by atoms with Crippen LogP contribution in [-0.4, -0.2) is 68.5 Å². The Kier molecular flexibility index (Phi) is 8.90. The Morgan fingerprint density at radius 2 is 2.10 bits per heavy atom. The number of likely N-dealkylation sites (tertiary alicyclic amines) is 1. The van der Waals surface area contributed by atoms with E-state index in [1.54, 1.807) is 6.07 Å². The highest BCUT2D eigenvalue weighted by molar-refractivity contribution is 5.79. The third-order valence-corrected chi connectivity index (χ3v) is 6.36. The Hall–Kier alpha value is -1.70. The second-order valence-electron chi connectivity index (χ2n) is 8.66. The predicted molar refractivity (Wildman–Crippen MR) is 118 cm³/mol. The number of hydrogen-bond donors (Lipinski definition) is 3. The minimum absolute atomic E-state index is 0.0326. The van der Waals surface area contributed by atoms with E-state index < -0.39 is 0 Å². The van der Waals surface area contributed by atoms with Crippen molar-refractivity contribution < 1.29 is 14.2 Å². The molecule has 0 amide bonds. The van der Waals surface area contributed by atoms with Gasteiger partial charge in [-0.2, -0.15) is 0 Å². The summed E-state index contributed by atoms with van der Waals surface area (Å²) < 4.78 is 19.5. The largest absolute Gasteiger partial charge is 0.396 e. The molecule has 0 radical (unpaired) electrons. The van der Waals surface area contributed by atoms with E-state index in [1.165, 1.54) is 6.07 Å². The first-order chi connectivity index (χ1) is 14.6. The molecule has 2 aliphatic heterocycles. The van der Waals surface area contributed by atoms with Gasteiger partial charge in [-0.1, -0.05) is 18.2 Å². The van der Waals surface area contributed by atoms with E-state index in [4.69, 9.17) is 9.73 Å². The van der Waals surface area contributed by atoms with E-state index in [2.05, 4.69) is 22.5 Å². The number of benzene rings is 1. The Bertz CT molecular complexity index is 671. The monoisotopic (exact) mass is 420 g/mol. The van der Waals surface area contributed by atoms with Crippen molar-refractivity contribution in [1.29, 1.82) is 0 Å². The molecule has 1 aromatic rings. The summed E-state index contributed by atoms with van der Waals surface area (Å²) in [5.41, 5.74) is 0.748. The van der Waals surface area contributed by atoms with Gasteiger partial charge in [0.15, 0.2) is 5.96 Å². The van der Waals surface area contributed by atoms with Gasteiger partial charge in [0.25, 0.3) is 0 Å². The van der Waals surface area contributed by atoms with Gasteiger partial charge >= 0.3 is 0 Å². The van der Waals surface area contributed by atoms with Crippen molar-refractivity contribution in [3.8, 4) is 0 Å². The van der Waals surface area contributed by atoms with Crippen molar-refractivity contribution in [1.82, 2.24) is 15.5 Å². The van der Waals surface area contributed by atoms with Gasteiger partial charge in [-0.05, 0) is 57.7 Å². The number of guanidine groups is 1. The van der Waals surface area contributed by atoms with E-state index >= 15 is 0 Å². The topological polar surface area (TPSA) is 69.1 Å². The molecule has 0 bridgehead atoms. The minimum atomic E-state index is -0.112. The van der Waals surface area contributed by atoms with Crippen molar-refractivity contribution >= 4 is 5.96 Å². The quantitative estimate of drug-likeness (QED) is 0.423. The van der Waals surface area contributed by atoms with Crippen LogP contribution in [0.15, 0.2) is 29.3 Å². The van der Waals surface area contributed by atoms with Crippen LogP contribution in [0.5, 0.6) is 0 Å². The summed E-state index contributed by atoms with van der Waals surface area (Å²) in [6.07, 6.45) is 3.89. The van der Waals surface area contributed by atoms with Gasteiger partial charge in [-0.15, -0.1) is 0 Å². The molecule has 1 unspecified atom stereocenters.